The summed E-state index contributed by atoms with van der Waals surface area (Å²) in [5.41, 5.74) is 1.85. The van der Waals surface area contributed by atoms with E-state index in [0.717, 1.165) is 22.8 Å². The number of thioether (sulfide) groups is 1. The molecule has 3 nitrogen and oxygen atoms in total. The van der Waals surface area contributed by atoms with Crippen molar-refractivity contribution >= 4 is 22.6 Å². The van der Waals surface area contributed by atoms with E-state index in [0.29, 0.717) is 17.8 Å². The first kappa shape index (κ1) is 13.2. The molecule has 0 radical (unpaired) electrons. The van der Waals surface area contributed by atoms with E-state index in [-0.39, 0.29) is 5.82 Å². The van der Waals surface area contributed by atoms with E-state index >= 15 is 0 Å². The van der Waals surface area contributed by atoms with Gasteiger partial charge in [-0.05, 0) is 31.0 Å². The number of hydrogen-bond acceptors (Lipinski definition) is 4. The molecule has 0 bridgehead atoms. The van der Waals surface area contributed by atoms with E-state index < -0.39 is 0 Å². The molecule has 21 heavy (non-hydrogen) atoms. The highest BCUT2D eigenvalue weighted by atomic mass is 32.2. The number of ether oxygens (including phenoxy) is 1. The van der Waals surface area contributed by atoms with Gasteiger partial charge in [0.2, 0.25) is 0 Å². The van der Waals surface area contributed by atoms with Gasteiger partial charge in [-0.25, -0.2) is 4.39 Å². The van der Waals surface area contributed by atoms with Gasteiger partial charge in [0.25, 0.3) is 0 Å². The molecule has 3 aliphatic rings. The number of hydrogen-bond donors (Lipinski definition) is 0. The van der Waals surface area contributed by atoms with Gasteiger partial charge in [-0.15, -0.1) is 0 Å². The van der Waals surface area contributed by atoms with E-state index in [4.69, 9.17) is 9.73 Å². The van der Waals surface area contributed by atoms with E-state index in [1.54, 1.807) is 31.0 Å². The summed E-state index contributed by atoms with van der Waals surface area (Å²) in [7, 11) is 1.63. The van der Waals surface area contributed by atoms with Gasteiger partial charge >= 0.3 is 0 Å². The number of halogens is 1. The predicted octanol–water partition coefficient (Wildman–Crippen LogP) is 3.86. The van der Waals surface area contributed by atoms with Crippen LogP contribution in [0.5, 0.6) is 5.75 Å². The Balaban J connectivity index is 1.74. The van der Waals surface area contributed by atoms with Gasteiger partial charge in [0.1, 0.15) is 11.6 Å². The summed E-state index contributed by atoms with van der Waals surface area (Å²) in [5.74, 6) is 0.477. The zero-order chi connectivity index (χ0) is 14.4. The standard InChI is InChI=1S/C16H17FN2OS/c1-20-15-7-6-10(17)8-11(15)14-9-21-16-18-12-4-2-3-5-13(12)19(14)16/h6-9,12-13H,2-5H2,1H3/t12-,13+/m0/s1. The molecule has 1 aromatic carbocycles. The van der Waals surface area contributed by atoms with Crippen LogP contribution in [0.2, 0.25) is 0 Å². The Morgan fingerprint density at radius 1 is 1.33 bits per heavy atom. The number of fused-ring (bicyclic) bond motifs is 3. The molecule has 5 heteroatoms. The predicted molar refractivity (Wildman–Crippen MR) is 83.8 cm³/mol. The lowest BCUT2D eigenvalue weighted by Gasteiger charge is -2.32. The molecule has 0 N–H and O–H groups in total. The number of nitrogens with zero attached hydrogens (tertiary/aromatic N) is 2. The molecule has 0 unspecified atom stereocenters. The van der Waals surface area contributed by atoms with Crippen LogP contribution in [0, 0.1) is 5.82 Å². The van der Waals surface area contributed by atoms with Crippen molar-refractivity contribution in [2.45, 2.75) is 37.8 Å². The number of methoxy groups -OCH3 is 1. The van der Waals surface area contributed by atoms with Crippen LogP contribution in [0.15, 0.2) is 28.6 Å². The van der Waals surface area contributed by atoms with Crippen LogP contribution >= 0.6 is 11.8 Å². The van der Waals surface area contributed by atoms with Crippen molar-refractivity contribution in [1.82, 2.24) is 4.90 Å². The number of rotatable bonds is 2. The van der Waals surface area contributed by atoms with Crippen molar-refractivity contribution in [1.29, 1.82) is 0 Å². The Morgan fingerprint density at radius 2 is 2.19 bits per heavy atom. The smallest absolute Gasteiger partial charge is 0.168 e. The van der Waals surface area contributed by atoms with Gasteiger partial charge in [-0.1, -0.05) is 24.6 Å². The van der Waals surface area contributed by atoms with Gasteiger partial charge in [-0.2, -0.15) is 0 Å². The van der Waals surface area contributed by atoms with Gasteiger partial charge in [-0.3, -0.25) is 4.99 Å². The maximum atomic E-state index is 13.7. The summed E-state index contributed by atoms with van der Waals surface area (Å²) < 4.78 is 19.1. The van der Waals surface area contributed by atoms with E-state index in [1.165, 1.54) is 25.3 Å². The zero-order valence-corrected chi connectivity index (χ0v) is 12.7. The Labute approximate surface area is 127 Å². The van der Waals surface area contributed by atoms with E-state index in [1.807, 2.05) is 0 Å². The van der Waals surface area contributed by atoms with Gasteiger partial charge in [0, 0.05) is 11.0 Å². The minimum atomic E-state index is -0.235. The molecule has 1 aromatic rings. The lowest BCUT2D eigenvalue weighted by Crippen LogP contribution is -2.38. The minimum absolute atomic E-state index is 0.235. The average molecular weight is 304 g/mol. The Kier molecular flexibility index (Phi) is 3.17. The summed E-state index contributed by atoms with van der Waals surface area (Å²) in [5, 5.41) is 3.13. The molecule has 0 saturated heterocycles. The van der Waals surface area contributed by atoms with Gasteiger partial charge < -0.3 is 9.64 Å². The number of amidine groups is 1. The highest BCUT2D eigenvalue weighted by Crippen LogP contribution is 2.45. The maximum absolute atomic E-state index is 13.7. The van der Waals surface area contributed by atoms with E-state index in [2.05, 4.69) is 10.3 Å². The molecule has 2 atom stereocenters. The lowest BCUT2D eigenvalue weighted by atomic mass is 9.90. The van der Waals surface area contributed by atoms with Crippen molar-refractivity contribution in [3.8, 4) is 5.75 Å². The molecule has 110 valence electrons. The zero-order valence-electron chi connectivity index (χ0n) is 11.9. The number of aliphatic imine (C=N–C) groups is 1. The average Bonchev–Trinajstić information content (AvgIpc) is 3.06. The first-order chi connectivity index (χ1) is 10.3. The van der Waals surface area contributed by atoms with Crippen LogP contribution in [0.25, 0.3) is 5.70 Å². The van der Waals surface area contributed by atoms with Crippen molar-refractivity contribution in [3.63, 3.8) is 0 Å². The highest BCUT2D eigenvalue weighted by Gasteiger charge is 2.42. The van der Waals surface area contributed by atoms with Gasteiger partial charge in [0.05, 0.1) is 24.9 Å². The van der Waals surface area contributed by atoms with Crippen LogP contribution in [-0.2, 0) is 0 Å². The topological polar surface area (TPSA) is 24.8 Å². The van der Waals surface area contributed by atoms with Crippen LogP contribution < -0.4 is 4.74 Å². The van der Waals surface area contributed by atoms with Crippen LogP contribution in [-0.4, -0.2) is 29.3 Å². The minimum Gasteiger partial charge on any atom is -0.496 e. The molecule has 2 aliphatic heterocycles. The number of benzene rings is 1. The molecular weight excluding hydrogens is 287 g/mol. The van der Waals surface area contributed by atoms with Crippen LogP contribution in [0.3, 0.4) is 0 Å². The second-order valence-electron chi connectivity index (χ2n) is 5.67. The van der Waals surface area contributed by atoms with E-state index in [9.17, 15) is 4.39 Å². The first-order valence-corrected chi connectivity index (χ1v) is 8.23. The van der Waals surface area contributed by atoms with Crippen molar-refractivity contribution < 1.29 is 9.13 Å². The summed E-state index contributed by atoms with van der Waals surface area (Å²) in [4.78, 5) is 7.14. The maximum Gasteiger partial charge on any atom is 0.168 e. The molecule has 1 saturated carbocycles. The summed E-state index contributed by atoms with van der Waals surface area (Å²) in [6.45, 7) is 0. The summed E-state index contributed by atoms with van der Waals surface area (Å²) >= 11 is 1.64. The quantitative estimate of drug-likeness (QED) is 0.829. The highest BCUT2D eigenvalue weighted by molar-refractivity contribution is 8.16. The third-order valence-corrected chi connectivity index (χ3v) is 5.33. The van der Waals surface area contributed by atoms with Crippen LogP contribution in [0.1, 0.15) is 31.2 Å². The molecule has 1 aliphatic carbocycles. The van der Waals surface area contributed by atoms with Gasteiger partial charge in [0.15, 0.2) is 5.17 Å². The third-order valence-electron chi connectivity index (χ3n) is 4.48. The fourth-order valence-corrected chi connectivity index (χ4v) is 4.50. The van der Waals surface area contributed by atoms with Crippen molar-refractivity contribution in [2.24, 2.45) is 4.99 Å². The normalized spacial score (nSPS) is 27.0. The second kappa shape index (κ2) is 5.05. The van der Waals surface area contributed by atoms with Crippen LogP contribution in [0.4, 0.5) is 4.39 Å². The summed E-state index contributed by atoms with van der Waals surface area (Å²) in [6.07, 6.45) is 4.84. The Hall–Kier alpha value is -1.49. The third kappa shape index (κ3) is 2.06. The largest absolute Gasteiger partial charge is 0.496 e. The second-order valence-corrected chi connectivity index (χ2v) is 6.50. The molecule has 0 spiro atoms. The fourth-order valence-electron chi connectivity index (χ4n) is 3.50. The monoisotopic (exact) mass is 304 g/mol. The summed E-state index contributed by atoms with van der Waals surface area (Å²) in [6, 6.07) is 5.53. The Bertz CT molecular complexity index is 643. The molecule has 0 aromatic heterocycles. The lowest BCUT2D eigenvalue weighted by molar-refractivity contribution is 0.304. The fraction of sp³-hybridized carbons (Fsp3) is 0.438. The van der Waals surface area contributed by atoms with Crippen molar-refractivity contribution in [3.05, 3.63) is 35.0 Å². The SMILES string of the molecule is COc1ccc(F)cc1C1=CSC2=N[C@H]3CCCC[C@H]3N12. The molecule has 4 rings (SSSR count). The molecular formula is C16H17FN2OS. The Morgan fingerprint density at radius 3 is 3.05 bits per heavy atom. The van der Waals surface area contributed by atoms with Crippen molar-refractivity contribution in [2.75, 3.05) is 7.11 Å². The molecule has 0 amide bonds. The molecule has 1 fully saturated rings. The molecule has 2 heterocycles. The first-order valence-electron chi connectivity index (χ1n) is 7.35.